The number of carbonyl (C=O) groups is 1. The second-order valence-corrected chi connectivity index (χ2v) is 9.36. The van der Waals surface area contributed by atoms with Crippen LogP contribution in [0.5, 0.6) is 0 Å². The Morgan fingerprint density at radius 1 is 0.769 bits per heavy atom. The Bertz CT molecular complexity index is 1340. The van der Waals surface area contributed by atoms with E-state index < -0.39 is 62.3 Å². The quantitative estimate of drug-likeness (QED) is 0.350. The zero-order valence-electron chi connectivity index (χ0n) is 18.7. The molecule has 0 spiro atoms. The number of sulfonamides is 1. The molecule has 1 aromatic carbocycles. The third-order valence-corrected chi connectivity index (χ3v) is 6.37. The van der Waals surface area contributed by atoms with Gasteiger partial charge in [-0.1, -0.05) is 5.16 Å². The number of anilines is 2. The number of halogens is 13. The van der Waals surface area contributed by atoms with E-state index in [0.717, 1.165) is 5.32 Å². The van der Waals surface area contributed by atoms with Crippen molar-refractivity contribution in [2.24, 2.45) is 0 Å². The lowest BCUT2D eigenvalue weighted by molar-refractivity contribution is -0.435. The Morgan fingerprint density at radius 3 is 1.64 bits per heavy atom. The van der Waals surface area contributed by atoms with Crippen LogP contribution in [0.2, 0.25) is 0 Å². The molecule has 2 N–H and O–H groups in total. The summed E-state index contributed by atoms with van der Waals surface area (Å²) in [5.41, 5.74) is -0.508. The van der Waals surface area contributed by atoms with Crippen molar-refractivity contribution >= 4 is 27.5 Å². The molecule has 0 fully saturated rings. The molecule has 0 unspecified atom stereocenters. The van der Waals surface area contributed by atoms with Crippen molar-refractivity contribution in [3.8, 4) is 0 Å². The van der Waals surface area contributed by atoms with Crippen LogP contribution in [0.25, 0.3) is 0 Å². The molecule has 0 bridgehead atoms. The number of amides is 1. The number of nitrogens with zero attached hydrogens (tertiary/aromatic N) is 1. The van der Waals surface area contributed by atoms with E-state index in [1.807, 2.05) is 4.72 Å². The van der Waals surface area contributed by atoms with Crippen LogP contribution in [-0.4, -0.2) is 55.3 Å². The fourth-order valence-electron chi connectivity index (χ4n) is 2.53. The van der Waals surface area contributed by atoms with Gasteiger partial charge in [-0.25, -0.2) is 13.1 Å². The van der Waals surface area contributed by atoms with Crippen LogP contribution in [0.4, 0.5) is 68.6 Å². The molecular weight excluding hydrogens is 601 g/mol. The molecule has 220 valence electrons. The Morgan fingerprint density at radius 2 is 1.23 bits per heavy atom. The van der Waals surface area contributed by atoms with Crippen LogP contribution >= 0.6 is 0 Å². The number of benzene rings is 1. The van der Waals surface area contributed by atoms with E-state index in [1.165, 1.54) is 13.8 Å². The van der Waals surface area contributed by atoms with Crippen molar-refractivity contribution in [2.75, 3.05) is 10.0 Å². The predicted molar refractivity (Wildman–Crippen MR) is 103 cm³/mol. The first-order valence-electron chi connectivity index (χ1n) is 9.58. The van der Waals surface area contributed by atoms with Gasteiger partial charge < -0.3 is 9.84 Å². The molecule has 0 saturated carbocycles. The lowest BCUT2D eigenvalue weighted by Crippen LogP contribution is -2.71. The molecule has 0 radical (unpaired) electrons. The largest absolute Gasteiger partial charge is 0.460 e. The Kier molecular flexibility index (Phi) is 7.73. The number of alkyl halides is 13. The first kappa shape index (κ1) is 32.0. The fraction of sp³-hybridized carbons (Fsp3) is 0.444. The highest BCUT2D eigenvalue weighted by molar-refractivity contribution is 7.92. The SMILES string of the molecule is Cc1noc(NS(=O)(=O)c2ccc(NC(=O)C(F)(F)C(F)(F)C(F)(F)C(F)(F)C(F)(F)C(F)(F)F)cc2)c1C. The summed E-state index contributed by atoms with van der Waals surface area (Å²) in [5.74, 6) is -43.0. The molecule has 2 aromatic rings. The third-order valence-electron chi connectivity index (χ3n) is 5.03. The van der Waals surface area contributed by atoms with E-state index in [0.29, 0.717) is 24.3 Å². The Balaban J connectivity index is 2.32. The second kappa shape index (κ2) is 9.44. The standard InChI is InChI=1S/C18H12F13N3O4S/c1-7-8(2)33-38-11(7)34-39(36,37)10-5-3-9(4-6-10)32-12(35)13(19,20)14(21,22)15(23,24)16(25,26)17(27,28)18(29,30)31/h3-6,34H,1-2H3,(H,32,35). The Hall–Kier alpha value is -3.26. The van der Waals surface area contributed by atoms with Crippen molar-refractivity contribution in [3.05, 3.63) is 35.5 Å². The van der Waals surface area contributed by atoms with Crippen molar-refractivity contribution in [1.82, 2.24) is 5.16 Å². The Labute approximate surface area is 208 Å². The van der Waals surface area contributed by atoms with E-state index >= 15 is 0 Å². The van der Waals surface area contributed by atoms with E-state index in [9.17, 15) is 70.3 Å². The van der Waals surface area contributed by atoms with Gasteiger partial charge in [0.05, 0.1) is 10.6 Å². The second-order valence-electron chi connectivity index (χ2n) is 7.68. The minimum atomic E-state index is -8.16. The van der Waals surface area contributed by atoms with Gasteiger partial charge in [-0.15, -0.1) is 0 Å². The number of hydrogen-bond donors (Lipinski definition) is 2. The molecule has 2 rings (SSSR count). The number of aryl methyl sites for hydroxylation is 1. The van der Waals surface area contributed by atoms with Crippen molar-refractivity contribution in [1.29, 1.82) is 0 Å². The van der Waals surface area contributed by atoms with Crippen LogP contribution in [0.15, 0.2) is 33.7 Å². The summed E-state index contributed by atoms with van der Waals surface area (Å²) < 4.78 is 202. The van der Waals surface area contributed by atoms with E-state index in [4.69, 9.17) is 4.52 Å². The normalized spacial score (nSPS) is 14.3. The lowest BCUT2D eigenvalue weighted by Gasteiger charge is -2.39. The van der Waals surface area contributed by atoms with Crippen LogP contribution in [0.3, 0.4) is 0 Å². The van der Waals surface area contributed by atoms with Gasteiger partial charge in [-0.2, -0.15) is 57.1 Å². The summed E-state index contributed by atoms with van der Waals surface area (Å²) in [7, 11) is -4.49. The van der Waals surface area contributed by atoms with Gasteiger partial charge in [0.25, 0.3) is 10.0 Å². The third kappa shape index (κ3) is 5.07. The smallest absolute Gasteiger partial charge is 0.337 e. The number of rotatable bonds is 9. The molecule has 0 aliphatic rings. The number of aromatic nitrogens is 1. The van der Waals surface area contributed by atoms with Gasteiger partial charge in [0.15, 0.2) is 0 Å². The van der Waals surface area contributed by atoms with Crippen LogP contribution < -0.4 is 10.0 Å². The monoisotopic (exact) mass is 613 g/mol. The van der Waals surface area contributed by atoms with Gasteiger partial charge >= 0.3 is 41.7 Å². The highest BCUT2D eigenvalue weighted by atomic mass is 32.2. The van der Waals surface area contributed by atoms with Gasteiger partial charge in [-0.05, 0) is 38.1 Å². The number of carbonyl (C=O) groups excluding carboxylic acids is 1. The van der Waals surface area contributed by atoms with Gasteiger partial charge in [0.2, 0.25) is 5.88 Å². The van der Waals surface area contributed by atoms with Crippen molar-refractivity contribution in [3.63, 3.8) is 0 Å². The van der Waals surface area contributed by atoms with Crippen molar-refractivity contribution in [2.45, 2.75) is 54.5 Å². The average molecular weight is 613 g/mol. The topological polar surface area (TPSA) is 101 Å². The average Bonchev–Trinajstić information content (AvgIpc) is 3.09. The van der Waals surface area contributed by atoms with E-state index in [1.54, 1.807) is 0 Å². The summed E-state index contributed by atoms with van der Waals surface area (Å²) >= 11 is 0. The summed E-state index contributed by atoms with van der Waals surface area (Å²) in [6.07, 6.45) is -7.59. The van der Waals surface area contributed by atoms with Gasteiger partial charge in [-0.3, -0.25) is 4.79 Å². The molecule has 0 aliphatic heterocycles. The fourth-order valence-corrected chi connectivity index (χ4v) is 3.58. The molecule has 0 atom stereocenters. The molecule has 1 aromatic heterocycles. The molecule has 0 saturated heterocycles. The minimum absolute atomic E-state index is 0.251. The molecule has 7 nitrogen and oxygen atoms in total. The molecular formula is C18H12F13N3O4S. The first-order valence-corrected chi connectivity index (χ1v) is 11.1. The summed E-state index contributed by atoms with van der Waals surface area (Å²) in [6.45, 7) is 2.86. The van der Waals surface area contributed by atoms with E-state index in [2.05, 4.69) is 5.16 Å². The maximum absolute atomic E-state index is 13.9. The van der Waals surface area contributed by atoms with Crippen LogP contribution in [-0.2, 0) is 14.8 Å². The zero-order chi connectivity index (χ0) is 30.6. The molecule has 1 amide bonds. The zero-order valence-corrected chi connectivity index (χ0v) is 19.5. The molecule has 21 heteroatoms. The summed E-state index contributed by atoms with van der Waals surface area (Å²) in [4.78, 5) is 10.9. The summed E-state index contributed by atoms with van der Waals surface area (Å²) in [5, 5.41) is 4.28. The van der Waals surface area contributed by atoms with Crippen LogP contribution in [0, 0.1) is 13.8 Å². The maximum atomic E-state index is 13.9. The predicted octanol–water partition coefficient (Wildman–Crippen LogP) is 5.77. The highest BCUT2D eigenvalue weighted by Gasteiger charge is 2.91. The van der Waals surface area contributed by atoms with Gasteiger partial charge in [0, 0.05) is 11.3 Å². The lowest BCUT2D eigenvalue weighted by atomic mass is 9.93. The molecule has 1 heterocycles. The highest BCUT2D eigenvalue weighted by Crippen LogP contribution is 2.60. The van der Waals surface area contributed by atoms with Crippen molar-refractivity contribution < 1.29 is 74.8 Å². The van der Waals surface area contributed by atoms with Gasteiger partial charge in [0.1, 0.15) is 0 Å². The maximum Gasteiger partial charge on any atom is 0.460 e. The molecule has 39 heavy (non-hydrogen) atoms. The molecule has 0 aliphatic carbocycles. The minimum Gasteiger partial charge on any atom is -0.337 e. The first-order chi connectivity index (χ1) is 17.3. The van der Waals surface area contributed by atoms with E-state index in [-0.39, 0.29) is 17.1 Å². The number of nitrogens with one attached hydrogen (secondary N) is 2. The van der Waals surface area contributed by atoms with Crippen LogP contribution in [0.1, 0.15) is 11.3 Å². The number of hydrogen-bond acceptors (Lipinski definition) is 5. The summed E-state index contributed by atoms with van der Waals surface area (Å²) in [6, 6.07) is 1.92.